The summed E-state index contributed by atoms with van der Waals surface area (Å²) in [5.41, 5.74) is 30.1. The van der Waals surface area contributed by atoms with Crippen LogP contribution >= 0.6 is 0 Å². The average molecular weight is 1280 g/mol. The molecule has 3 aromatic heterocycles. The lowest BCUT2D eigenvalue weighted by molar-refractivity contribution is 0.531. The summed E-state index contributed by atoms with van der Waals surface area (Å²) in [4.78, 5) is 16.5. The molecule has 0 aliphatic carbocycles. The molecule has 0 N–H and O–H groups in total. The summed E-state index contributed by atoms with van der Waals surface area (Å²) in [5, 5.41) is 2.44. The summed E-state index contributed by atoms with van der Waals surface area (Å²) in [6.45, 7) is 48.7. The van der Waals surface area contributed by atoms with Gasteiger partial charge in [-0.1, -0.05) is 285 Å². The standard InChI is InChI=1S/C92H98BN5/c1-86(2,3)63-41-45-73-77(54-63)96(66-42-38-58(39-43-66)57-30-23-22-24-31-57)78-55-67(97-74-36-27-25-32-70(74)71-33-26-28-37-75(71)97)56-79-84(78)93(73)72-44-40-59(60-46-64(87(4,5)6)53-65(47-60)88(7,8)9)48-76(72)98(79)85-68(61-49-80(89(10,11)12)94-81(50-61)90(13,14)15)34-29-35-69(85)62-51-82(91(16,17)18)95-83(52-62)92(19,20)21/h22-56H,1-21H3. The topological polar surface area (TPSA) is 37.2 Å². The minimum absolute atomic E-state index is 0.0984. The molecule has 12 aromatic rings. The summed E-state index contributed by atoms with van der Waals surface area (Å²) < 4.78 is 2.54. The van der Waals surface area contributed by atoms with E-state index in [1.54, 1.807) is 0 Å². The van der Waals surface area contributed by atoms with Crippen molar-refractivity contribution in [3.8, 4) is 50.2 Å². The number of benzene rings is 9. The molecule has 5 nitrogen and oxygen atoms in total. The normalized spacial score (nSPS) is 13.7. The Balaban J connectivity index is 1.21. The van der Waals surface area contributed by atoms with Crippen LogP contribution in [0.25, 0.3) is 72.0 Å². The molecular weight excluding hydrogens is 1190 g/mol. The van der Waals surface area contributed by atoms with E-state index in [2.05, 4.69) is 372 Å². The predicted molar refractivity (Wildman–Crippen MR) is 423 cm³/mol. The van der Waals surface area contributed by atoms with Crippen LogP contribution in [0.1, 0.15) is 185 Å². The number of fused-ring (bicyclic) bond motifs is 7. The van der Waals surface area contributed by atoms with E-state index in [0.717, 1.165) is 90.2 Å². The Hall–Kier alpha value is -9.26. The number of rotatable bonds is 7. The van der Waals surface area contributed by atoms with Crippen molar-refractivity contribution in [2.75, 3.05) is 9.80 Å². The number of anilines is 6. The van der Waals surface area contributed by atoms with E-state index in [-0.39, 0.29) is 44.6 Å². The Kier molecular flexibility index (Phi) is 15.6. The molecule has 9 aromatic carbocycles. The van der Waals surface area contributed by atoms with Gasteiger partial charge in [-0.2, -0.15) is 0 Å². The van der Waals surface area contributed by atoms with Gasteiger partial charge in [-0.15, -0.1) is 0 Å². The predicted octanol–water partition coefficient (Wildman–Crippen LogP) is 23.4. The minimum Gasteiger partial charge on any atom is -0.311 e. The van der Waals surface area contributed by atoms with Gasteiger partial charge in [-0.3, -0.25) is 9.97 Å². The maximum atomic E-state index is 5.57. The van der Waals surface area contributed by atoms with Gasteiger partial charge in [0.2, 0.25) is 0 Å². The average Bonchev–Trinajstić information content (AvgIpc) is 0.765. The van der Waals surface area contributed by atoms with Crippen LogP contribution in [0.3, 0.4) is 0 Å². The van der Waals surface area contributed by atoms with Gasteiger partial charge >= 0.3 is 0 Å². The zero-order valence-electron chi connectivity index (χ0n) is 62.0. The lowest BCUT2D eigenvalue weighted by Gasteiger charge is -2.45. The number of aromatic nitrogens is 3. The van der Waals surface area contributed by atoms with Gasteiger partial charge in [0.25, 0.3) is 6.71 Å². The van der Waals surface area contributed by atoms with Crippen LogP contribution in [0.2, 0.25) is 0 Å². The van der Waals surface area contributed by atoms with Gasteiger partial charge in [-0.05, 0) is 156 Å². The summed E-state index contributed by atoms with van der Waals surface area (Å²) in [6.07, 6.45) is 0. The second-order valence-electron chi connectivity index (χ2n) is 35.3. The Morgan fingerprint density at radius 2 is 0.694 bits per heavy atom. The maximum Gasteiger partial charge on any atom is 0.252 e. The molecule has 0 fully saturated rings. The largest absolute Gasteiger partial charge is 0.311 e. The fourth-order valence-electron chi connectivity index (χ4n) is 14.7. The van der Waals surface area contributed by atoms with E-state index in [1.807, 2.05) is 0 Å². The first-order valence-corrected chi connectivity index (χ1v) is 35.6. The highest BCUT2D eigenvalue weighted by Gasteiger charge is 2.46. The fourth-order valence-corrected chi connectivity index (χ4v) is 14.7. The van der Waals surface area contributed by atoms with Crippen LogP contribution in [0.4, 0.5) is 34.1 Å². The third-order valence-corrected chi connectivity index (χ3v) is 20.6. The molecule has 494 valence electrons. The van der Waals surface area contributed by atoms with Gasteiger partial charge < -0.3 is 14.4 Å². The number of hydrogen-bond donors (Lipinski definition) is 0. The molecule has 2 aliphatic heterocycles. The molecule has 98 heavy (non-hydrogen) atoms. The molecule has 0 bridgehead atoms. The highest BCUT2D eigenvalue weighted by Crippen LogP contribution is 2.53. The first-order chi connectivity index (χ1) is 46.0. The van der Waals surface area contributed by atoms with Gasteiger partial charge in [0.15, 0.2) is 0 Å². The maximum absolute atomic E-state index is 5.57. The minimum atomic E-state index is -0.256. The zero-order valence-corrected chi connectivity index (χ0v) is 62.0. The number of para-hydroxylation sites is 3. The summed E-state index contributed by atoms with van der Waals surface area (Å²) in [7, 11) is 0. The van der Waals surface area contributed by atoms with E-state index in [0.29, 0.717) is 0 Å². The molecule has 0 saturated heterocycles. The lowest BCUT2D eigenvalue weighted by atomic mass is 9.33. The van der Waals surface area contributed by atoms with Gasteiger partial charge in [-0.25, -0.2) is 0 Å². The Morgan fingerprint density at radius 1 is 0.276 bits per heavy atom. The van der Waals surface area contributed by atoms with Crippen LogP contribution in [0.15, 0.2) is 212 Å². The third kappa shape index (κ3) is 11.8. The molecule has 0 saturated carbocycles. The second-order valence-corrected chi connectivity index (χ2v) is 35.3. The van der Waals surface area contributed by atoms with Crippen molar-refractivity contribution in [2.24, 2.45) is 0 Å². The Labute approximate surface area is 585 Å². The van der Waals surface area contributed by atoms with Crippen LogP contribution in [0, 0.1) is 0 Å². The molecule has 0 unspecified atom stereocenters. The zero-order chi connectivity index (χ0) is 69.7. The van der Waals surface area contributed by atoms with Crippen molar-refractivity contribution in [3.05, 3.63) is 252 Å². The SMILES string of the molecule is CC(C)(C)c1cc(-c2ccc3c(c2)N(c2c(-c4cc(C(C)(C)C)nc(C(C)(C)C)c4)cccc2-c2cc(C(C)(C)C)nc(C(C)(C)C)c2)c2cc(-n4c5ccccc5c5ccccc54)cc4c2B3c2ccc(C(C)(C)C)cc2N4c2ccc(-c3ccccc3)cc2)cc(C(C)(C)C)c1. The van der Waals surface area contributed by atoms with E-state index >= 15 is 0 Å². The number of hydrogen-bond acceptors (Lipinski definition) is 4. The fraction of sp³-hybridized carbons (Fsp3) is 0.304. The van der Waals surface area contributed by atoms with E-state index in [4.69, 9.17) is 9.97 Å². The first kappa shape index (κ1) is 66.0. The van der Waals surface area contributed by atoms with E-state index < -0.39 is 0 Å². The molecule has 5 heterocycles. The van der Waals surface area contributed by atoms with Crippen LogP contribution in [-0.2, 0) is 37.9 Å². The third-order valence-electron chi connectivity index (χ3n) is 20.6. The molecule has 2 aliphatic rings. The van der Waals surface area contributed by atoms with Crippen LogP contribution in [0.5, 0.6) is 0 Å². The lowest BCUT2D eigenvalue weighted by Crippen LogP contribution is -2.61. The molecule has 6 heteroatoms. The molecule has 0 radical (unpaired) electrons. The molecule has 0 amide bonds. The smallest absolute Gasteiger partial charge is 0.252 e. The quantitative estimate of drug-likeness (QED) is 0.149. The first-order valence-electron chi connectivity index (χ1n) is 35.6. The summed E-state index contributed by atoms with van der Waals surface area (Å²) in [6, 6.07) is 82.2. The van der Waals surface area contributed by atoms with E-state index in [9.17, 15) is 0 Å². The van der Waals surface area contributed by atoms with E-state index in [1.165, 1.54) is 71.8 Å². The molecule has 14 rings (SSSR count). The van der Waals surface area contributed by atoms with Crippen molar-refractivity contribution >= 4 is 79.0 Å². The van der Waals surface area contributed by atoms with Gasteiger partial charge in [0.1, 0.15) is 0 Å². The summed E-state index contributed by atoms with van der Waals surface area (Å²) in [5.74, 6) is 0. The molecular formula is C92H98BN5. The van der Waals surface area contributed by atoms with Crippen molar-refractivity contribution < 1.29 is 0 Å². The molecule has 0 atom stereocenters. The Morgan fingerprint density at radius 3 is 1.16 bits per heavy atom. The van der Waals surface area contributed by atoms with Gasteiger partial charge in [0.05, 0.1) is 22.4 Å². The van der Waals surface area contributed by atoms with Crippen molar-refractivity contribution in [3.63, 3.8) is 0 Å². The Bertz CT molecular complexity index is 4890. The molecule has 0 spiro atoms. The van der Waals surface area contributed by atoms with Crippen molar-refractivity contribution in [2.45, 2.75) is 183 Å². The van der Waals surface area contributed by atoms with Crippen molar-refractivity contribution in [1.29, 1.82) is 0 Å². The number of pyridine rings is 2. The van der Waals surface area contributed by atoms with Crippen LogP contribution < -0.4 is 26.2 Å². The summed E-state index contributed by atoms with van der Waals surface area (Å²) >= 11 is 0. The van der Waals surface area contributed by atoms with Crippen LogP contribution in [-0.4, -0.2) is 21.2 Å². The highest BCUT2D eigenvalue weighted by molar-refractivity contribution is 7.00. The van der Waals surface area contributed by atoms with Gasteiger partial charge in [0, 0.05) is 94.8 Å². The monoisotopic (exact) mass is 1280 g/mol. The number of nitrogens with zero attached hydrogens (tertiary/aromatic N) is 5. The highest BCUT2D eigenvalue weighted by atomic mass is 15.2. The van der Waals surface area contributed by atoms with Crippen molar-refractivity contribution in [1.82, 2.24) is 14.5 Å². The second kappa shape index (κ2) is 23.2.